The molecule has 0 spiro atoms. The van der Waals surface area contributed by atoms with Crippen molar-refractivity contribution in [3.63, 3.8) is 0 Å². The quantitative estimate of drug-likeness (QED) is 0.831. The Balaban J connectivity index is 1.55. The molecule has 20 heavy (non-hydrogen) atoms. The van der Waals surface area contributed by atoms with Crippen LogP contribution < -0.4 is 11.1 Å². The van der Waals surface area contributed by atoms with Crippen LogP contribution in [0.3, 0.4) is 0 Å². The molecule has 1 aliphatic rings. The largest absolute Gasteiger partial charge is 0.424 e. The Morgan fingerprint density at radius 2 is 2.20 bits per heavy atom. The number of fused-ring (bicyclic) bond motifs is 1. The van der Waals surface area contributed by atoms with Gasteiger partial charge in [-0.15, -0.1) is 0 Å². The Morgan fingerprint density at radius 3 is 3.00 bits per heavy atom. The highest BCUT2D eigenvalue weighted by atomic mass is 16.4. The number of rotatable bonds is 4. The second kappa shape index (κ2) is 5.40. The molecule has 1 saturated heterocycles. The molecular weight excluding hydrogens is 256 g/mol. The van der Waals surface area contributed by atoms with Crippen molar-refractivity contribution in [2.45, 2.75) is 19.3 Å². The van der Waals surface area contributed by atoms with E-state index in [-0.39, 0.29) is 5.91 Å². The van der Waals surface area contributed by atoms with E-state index in [1.165, 1.54) is 0 Å². The molecule has 1 aromatic heterocycles. The first-order valence-electron chi connectivity index (χ1n) is 6.90. The summed E-state index contributed by atoms with van der Waals surface area (Å²) in [5, 5.41) is 3.04. The van der Waals surface area contributed by atoms with Gasteiger partial charge in [0.25, 0.3) is 6.01 Å². The van der Waals surface area contributed by atoms with Crippen molar-refractivity contribution in [1.29, 1.82) is 0 Å². The van der Waals surface area contributed by atoms with Gasteiger partial charge < -0.3 is 20.4 Å². The van der Waals surface area contributed by atoms with Gasteiger partial charge in [-0.1, -0.05) is 0 Å². The molecule has 1 aliphatic heterocycles. The number of carbonyl (C=O) groups excluding carboxylic acids is 1. The molecule has 6 heteroatoms. The maximum Gasteiger partial charge on any atom is 0.295 e. The minimum atomic E-state index is 0.190. The first-order chi connectivity index (χ1) is 9.72. The van der Waals surface area contributed by atoms with Crippen LogP contribution in [0.1, 0.15) is 19.3 Å². The Hall–Kier alpha value is -2.24. The first-order valence-corrected chi connectivity index (χ1v) is 6.90. The molecule has 0 aliphatic carbocycles. The third-order valence-corrected chi connectivity index (χ3v) is 3.49. The van der Waals surface area contributed by atoms with Gasteiger partial charge >= 0.3 is 0 Å². The third-order valence-electron chi connectivity index (χ3n) is 3.49. The molecule has 1 aromatic carbocycles. The summed E-state index contributed by atoms with van der Waals surface area (Å²) >= 11 is 0. The number of hydrogen-bond donors (Lipinski definition) is 2. The van der Waals surface area contributed by atoms with E-state index in [9.17, 15) is 4.79 Å². The van der Waals surface area contributed by atoms with E-state index < -0.39 is 0 Å². The lowest BCUT2D eigenvalue weighted by Gasteiger charge is -2.14. The number of nitrogens with two attached hydrogens (primary N) is 1. The molecule has 1 fully saturated rings. The highest BCUT2D eigenvalue weighted by Crippen LogP contribution is 2.20. The van der Waals surface area contributed by atoms with E-state index in [2.05, 4.69) is 10.3 Å². The smallest absolute Gasteiger partial charge is 0.295 e. The second-order valence-corrected chi connectivity index (χ2v) is 5.01. The van der Waals surface area contributed by atoms with Gasteiger partial charge in [0.05, 0.1) is 0 Å². The van der Waals surface area contributed by atoms with Crippen LogP contribution in [0.4, 0.5) is 11.7 Å². The summed E-state index contributed by atoms with van der Waals surface area (Å²) < 4.78 is 5.53. The number of amides is 1. The fraction of sp³-hybridized carbons (Fsp3) is 0.429. The maximum absolute atomic E-state index is 11.9. The van der Waals surface area contributed by atoms with Crippen molar-refractivity contribution < 1.29 is 9.21 Å². The van der Waals surface area contributed by atoms with Gasteiger partial charge in [0.15, 0.2) is 5.58 Å². The van der Waals surface area contributed by atoms with Crippen molar-refractivity contribution in [2.75, 3.05) is 30.7 Å². The van der Waals surface area contributed by atoms with E-state index in [4.69, 9.17) is 10.2 Å². The molecule has 106 valence electrons. The summed E-state index contributed by atoms with van der Waals surface area (Å²) in [5.41, 5.74) is 7.75. The average molecular weight is 274 g/mol. The molecule has 2 aromatic rings. The summed E-state index contributed by atoms with van der Waals surface area (Å²) in [4.78, 5) is 18.1. The average Bonchev–Trinajstić information content (AvgIpc) is 3.06. The fourth-order valence-electron chi connectivity index (χ4n) is 2.42. The number of nitrogen functional groups attached to an aromatic ring is 1. The van der Waals surface area contributed by atoms with E-state index in [1.807, 2.05) is 4.90 Å². The SMILES string of the molecule is Nc1ccc2oc(NCCC(=O)N3CCCC3)nc2c1. The van der Waals surface area contributed by atoms with Crippen LogP contribution in [0.5, 0.6) is 0 Å². The zero-order valence-electron chi connectivity index (χ0n) is 11.3. The number of carbonyl (C=O) groups is 1. The van der Waals surface area contributed by atoms with Crippen LogP contribution in [-0.4, -0.2) is 35.4 Å². The van der Waals surface area contributed by atoms with E-state index in [0.717, 1.165) is 31.4 Å². The Kier molecular flexibility index (Phi) is 3.45. The number of oxazole rings is 1. The van der Waals surface area contributed by atoms with Crippen molar-refractivity contribution >= 4 is 28.7 Å². The fourth-order valence-corrected chi connectivity index (χ4v) is 2.42. The number of nitrogens with zero attached hydrogens (tertiary/aromatic N) is 2. The van der Waals surface area contributed by atoms with Crippen molar-refractivity contribution in [1.82, 2.24) is 9.88 Å². The lowest BCUT2D eigenvalue weighted by atomic mass is 10.3. The number of anilines is 2. The predicted molar refractivity (Wildman–Crippen MR) is 77.3 cm³/mol. The van der Waals surface area contributed by atoms with Crippen LogP contribution in [-0.2, 0) is 4.79 Å². The predicted octanol–water partition coefficient (Wildman–Crippen LogP) is 1.83. The Labute approximate surface area is 116 Å². The highest BCUT2D eigenvalue weighted by Gasteiger charge is 2.17. The summed E-state index contributed by atoms with van der Waals surface area (Å²) in [6, 6.07) is 5.76. The Bertz CT molecular complexity index is 617. The normalized spacial score (nSPS) is 14.9. The van der Waals surface area contributed by atoms with Gasteiger partial charge in [0.2, 0.25) is 5.91 Å². The van der Waals surface area contributed by atoms with Crippen LogP contribution >= 0.6 is 0 Å². The molecule has 2 heterocycles. The van der Waals surface area contributed by atoms with E-state index in [0.29, 0.717) is 30.3 Å². The van der Waals surface area contributed by atoms with Gasteiger partial charge in [-0.2, -0.15) is 4.98 Å². The number of aromatic nitrogens is 1. The summed E-state index contributed by atoms with van der Waals surface area (Å²) in [6.45, 7) is 2.31. The van der Waals surface area contributed by atoms with Crippen LogP contribution in [0.25, 0.3) is 11.1 Å². The molecule has 0 bridgehead atoms. The highest BCUT2D eigenvalue weighted by molar-refractivity contribution is 5.78. The number of hydrogen-bond acceptors (Lipinski definition) is 5. The lowest BCUT2D eigenvalue weighted by Crippen LogP contribution is -2.29. The van der Waals surface area contributed by atoms with Gasteiger partial charge in [0, 0.05) is 31.7 Å². The molecule has 0 radical (unpaired) electrons. The zero-order chi connectivity index (χ0) is 13.9. The van der Waals surface area contributed by atoms with Crippen molar-refractivity contribution in [3.05, 3.63) is 18.2 Å². The minimum absolute atomic E-state index is 0.190. The topological polar surface area (TPSA) is 84.4 Å². The second-order valence-electron chi connectivity index (χ2n) is 5.01. The van der Waals surface area contributed by atoms with Gasteiger partial charge in [0.1, 0.15) is 5.52 Å². The molecular formula is C14H18N4O2. The van der Waals surface area contributed by atoms with Crippen LogP contribution in [0.15, 0.2) is 22.6 Å². The van der Waals surface area contributed by atoms with E-state index in [1.54, 1.807) is 18.2 Å². The zero-order valence-corrected chi connectivity index (χ0v) is 11.3. The molecule has 0 saturated carbocycles. The third kappa shape index (κ3) is 2.68. The molecule has 6 nitrogen and oxygen atoms in total. The van der Waals surface area contributed by atoms with Crippen molar-refractivity contribution in [2.24, 2.45) is 0 Å². The molecule has 0 atom stereocenters. The van der Waals surface area contributed by atoms with Gasteiger partial charge in [-0.3, -0.25) is 4.79 Å². The minimum Gasteiger partial charge on any atom is -0.424 e. The van der Waals surface area contributed by atoms with Crippen LogP contribution in [0, 0.1) is 0 Å². The van der Waals surface area contributed by atoms with E-state index >= 15 is 0 Å². The maximum atomic E-state index is 11.9. The van der Waals surface area contributed by atoms with Gasteiger partial charge in [-0.25, -0.2) is 0 Å². The lowest BCUT2D eigenvalue weighted by molar-refractivity contribution is -0.129. The monoisotopic (exact) mass is 274 g/mol. The standard InChI is InChI=1S/C14H18N4O2/c15-10-3-4-12-11(9-10)17-14(20-12)16-6-5-13(19)18-7-1-2-8-18/h3-4,9H,1-2,5-8,15H2,(H,16,17). The number of nitrogens with one attached hydrogen (secondary N) is 1. The number of benzene rings is 1. The number of likely N-dealkylation sites (tertiary alicyclic amines) is 1. The first kappa shape index (κ1) is 12.8. The Morgan fingerprint density at radius 1 is 1.40 bits per heavy atom. The summed E-state index contributed by atoms with van der Waals surface area (Å²) in [5.74, 6) is 0.190. The van der Waals surface area contributed by atoms with Crippen LogP contribution in [0.2, 0.25) is 0 Å². The van der Waals surface area contributed by atoms with Crippen molar-refractivity contribution in [3.8, 4) is 0 Å². The molecule has 3 N–H and O–H groups in total. The molecule has 3 rings (SSSR count). The summed E-state index contributed by atoms with van der Waals surface area (Å²) in [7, 11) is 0. The molecule has 1 amide bonds. The van der Waals surface area contributed by atoms with Gasteiger partial charge in [-0.05, 0) is 31.0 Å². The molecule has 0 unspecified atom stereocenters. The summed E-state index contributed by atoms with van der Waals surface area (Å²) in [6.07, 6.45) is 2.69.